The molecule has 23 heavy (non-hydrogen) atoms. The van der Waals surface area contributed by atoms with Crippen LogP contribution in [0, 0.1) is 0 Å². The number of ether oxygens (including phenoxy) is 1. The predicted octanol–water partition coefficient (Wildman–Crippen LogP) is 6.60. The highest BCUT2D eigenvalue weighted by Gasteiger charge is 2.30. The van der Waals surface area contributed by atoms with E-state index in [4.69, 9.17) is 4.74 Å². The van der Waals surface area contributed by atoms with E-state index in [2.05, 4.69) is 27.7 Å². The Morgan fingerprint density at radius 2 is 0.870 bits per heavy atom. The van der Waals surface area contributed by atoms with Crippen molar-refractivity contribution in [3.63, 3.8) is 0 Å². The quantitative estimate of drug-likeness (QED) is 0.267. The van der Waals surface area contributed by atoms with Crippen LogP contribution in [0.25, 0.3) is 0 Å². The van der Waals surface area contributed by atoms with Gasteiger partial charge >= 0.3 is 0 Å². The third kappa shape index (κ3) is 10.6. The minimum Gasteiger partial charge on any atom is -0.410 e. The van der Waals surface area contributed by atoms with Gasteiger partial charge in [-0.25, -0.2) is 0 Å². The average molecular weight is 322 g/mol. The van der Waals surface area contributed by atoms with Crippen LogP contribution in [0.3, 0.4) is 0 Å². The summed E-state index contributed by atoms with van der Waals surface area (Å²) in [6.45, 7) is 8.30. The van der Waals surface area contributed by atoms with Gasteiger partial charge in [-0.3, -0.25) is 9.59 Å². The number of hydrogen-bond donors (Lipinski definition) is 0. The maximum absolute atomic E-state index is 12.4. The molecule has 0 rings (SSSR count). The van der Waals surface area contributed by atoms with Gasteiger partial charge in [0.1, 0.15) is 0 Å². The molecule has 0 radical (unpaired) electrons. The number of carbonyl (C=O) groups is 2. The van der Waals surface area contributed by atoms with Crippen LogP contribution < -0.4 is 0 Å². The molecule has 0 aromatic rings. The molecule has 0 amide bonds. The number of rotatable bonds is 14. The van der Waals surface area contributed by atoms with Crippen LogP contribution in [0.2, 0.25) is 25.3 Å². The maximum Gasteiger partial charge on any atom is 0.278 e. The van der Waals surface area contributed by atoms with E-state index in [1.165, 1.54) is 0 Å². The third-order valence-electron chi connectivity index (χ3n) is 4.49. The molecule has 0 saturated carbocycles. The third-order valence-corrected chi connectivity index (χ3v) is 4.49. The first-order valence-electron chi connectivity index (χ1n) is 9.86. The van der Waals surface area contributed by atoms with Crippen LogP contribution in [0.15, 0.2) is 0 Å². The van der Waals surface area contributed by atoms with E-state index >= 15 is 0 Å². The summed E-state index contributed by atoms with van der Waals surface area (Å²) in [5.41, 5.74) is 0. The van der Waals surface area contributed by atoms with E-state index in [0.717, 1.165) is 76.6 Å². The van der Waals surface area contributed by atoms with Crippen molar-refractivity contribution >= 4 is 25.2 Å². The van der Waals surface area contributed by atoms with Gasteiger partial charge in [0.05, 0.1) is 0 Å². The number of unbranched alkanes of at least 4 members (excludes halogenated alkanes) is 4. The molecular weight excluding hydrogens is 286 g/mol. The molecule has 0 aliphatic carbocycles. The molecule has 0 N–H and O–H groups in total. The van der Waals surface area contributed by atoms with Gasteiger partial charge in [-0.15, -0.1) is 0 Å². The van der Waals surface area contributed by atoms with Crippen molar-refractivity contribution in [3.8, 4) is 0 Å². The van der Waals surface area contributed by atoms with E-state index in [-0.39, 0.29) is 25.2 Å². The molecule has 132 valence electrons. The first-order chi connectivity index (χ1) is 11.1. The Morgan fingerprint density at radius 1 is 0.609 bits per heavy atom. The number of carbonyl (C=O) groups excluding carboxylic acids is 2. The van der Waals surface area contributed by atoms with Gasteiger partial charge in [0.2, 0.25) is 0 Å². The van der Waals surface area contributed by atoms with E-state index < -0.39 is 0 Å². The Hall–Kier alpha value is -0.730. The monoisotopic (exact) mass is 322 g/mol. The van der Waals surface area contributed by atoms with Crippen LogP contribution in [0.5, 0.6) is 0 Å². The largest absolute Gasteiger partial charge is 0.410 e. The molecule has 3 nitrogen and oxygen atoms in total. The van der Waals surface area contributed by atoms with E-state index in [9.17, 15) is 9.59 Å². The summed E-state index contributed by atoms with van der Waals surface area (Å²) in [5, 5.41) is 0. The molecule has 0 spiro atoms. The normalized spacial score (nSPS) is 10.4. The van der Waals surface area contributed by atoms with Gasteiger partial charge in [-0.2, -0.15) is 0 Å². The van der Waals surface area contributed by atoms with Crippen molar-refractivity contribution in [3.05, 3.63) is 0 Å². The molecule has 0 unspecified atom stereocenters. The van der Waals surface area contributed by atoms with Crippen LogP contribution in [-0.2, 0) is 4.74 Å². The molecule has 0 aromatic heterocycles. The van der Waals surface area contributed by atoms with Crippen molar-refractivity contribution in [2.75, 3.05) is 0 Å². The minimum absolute atomic E-state index is 0.100. The van der Waals surface area contributed by atoms with Crippen LogP contribution in [0.1, 0.15) is 79.1 Å². The SMILES string of the molecule is CCCCB(CCCC)C(=O)OC(=O)B(CCCC)CCCC. The van der Waals surface area contributed by atoms with Gasteiger partial charge in [-0.1, -0.05) is 104 Å². The fourth-order valence-electron chi connectivity index (χ4n) is 2.83. The molecule has 0 heterocycles. The molecule has 0 fully saturated rings. The smallest absolute Gasteiger partial charge is 0.278 e. The zero-order chi connectivity index (χ0) is 17.5. The van der Waals surface area contributed by atoms with E-state index in [1.54, 1.807) is 0 Å². The lowest BCUT2D eigenvalue weighted by Gasteiger charge is -2.15. The zero-order valence-corrected chi connectivity index (χ0v) is 15.9. The summed E-state index contributed by atoms with van der Waals surface area (Å²) < 4.78 is 5.29. The molecule has 0 aliphatic heterocycles. The van der Waals surface area contributed by atoms with Crippen molar-refractivity contribution in [2.24, 2.45) is 0 Å². The standard InChI is InChI=1S/C18H36B2O3/c1-5-9-13-19(14-10-6-2)17(21)23-18(22)20(15-11-7-3)16-12-8-4/h5-16H2,1-4H3. The van der Waals surface area contributed by atoms with Gasteiger partial charge in [0, 0.05) is 0 Å². The topological polar surface area (TPSA) is 43.4 Å². The van der Waals surface area contributed by atoms with Gasteiger partial charge in [0.15, 0.2) is 0 Å². The predicted molar refractivity (Wildman–Crippen MR) is 102 cm³/mol. The fraction of sp³-hybridized carbons (Fsp3) is 0.889. The fourth-order valence-corrected chi connectivity index (χ4v) is 2.83. The average Bonchev–Trinajstić information content (AvgIpc) is 2.54. The Morgan fingerprint density at radius 3 is 1.09 bits per heavy atom. The van der Waals surface area contributed by atoms with Crippen LogP contribution >= 0.6 is 0 Å². The molecule has 5 heteroatoms. The van der Waals surface area contributed by atoms with Crippen molar-refractivity contribution in [1.82, 2.24) is 0 Å². The Labute approximate surface area is 144 Å². The zero-order valence-electron chi connectivity index (χ0n) is 15.9. The molecule has 0 aromatic carbocycles. The minimum atomic E-state index is -0.283. The number of hydrogen-bond acceptors (Lipinski definition) is 3. The highest BCUT2D eigenvalue weighted by Crippen LogP contribution is 2.16. The van der Waals surface area contributed by atoms with Crippen molar-refractivity contribution < 1.29 is 14.3 Å². The maximum atomic E-state index is 12.4. The summed E-state index contributed by atoms with van der Waals surface area (Å²) in [4.78, 5) is 24.7. The lowest BCUT2D eigenvalue weighted by atomic mass is 9.42. The van der Waals surface area contributed by atoms with Crippen LogP contribution in [-0.4, -0.2) is 25.2 Å². The van der Waals surface area contributed by atoms with E-state index in [0.29, 0.717) is 0 Å². The highest BCUT2D eigenvalue weighted by atomic mass is 16.6. The second-order valence-electron chi connectivity index (χ2n) is 6.70. The first-order valence-corrected chi connectivity index (χ1v) is 9.86. The Bertz CT molecular complexity index is 275. The lowest BCUT2D eigenvalue weighted by Crippen LogP contribution is -2.34. The molecule has 0 saturated heterocycles. The van der Waals surface area contributed by atoms with Crippen LogP contribution in [0.4, 0.5) is 9.59 Å². The summed E-state index contributed by atoms with van der Waals surface area (Å²) >= 11 is 0. The summed E-state index contributed by atoms with van der Waals surface area (Å²) in [6.07, 6.45) is 11.7. The van der Waals surface area contributed by atoms with Gasteiger partial charge < -0.3 is 4.74 Å². The lowest BCUT2D eigenvalue weighted by molar-refractivity contribution is 0.182. The Balaban J connectivity index is 4.58. The second kappa shape index (κ2) is 14.8. The van der Waals surface area contributed by atoms with E-state index in [1.807, 2.05) is 0 Å². The molecular formula is C18H36B2O3. The second-order valence-corrected chi connectivity index (χ2v) is 6.70. The summed E-state index contributed by atoms with van der Waals surface area (Å²) in [7, 11) is 0. The summed E-state index contributed by atoms with van der Waals surface area (Å²) in [5.74, 6) is -0.565. The molecule has 0 bridgehead atoms. The van der Waals surface area contributed by atoms with Gasteiger partial charge in [-0.05, 0) is 0 Å². The molecule has 0 atom stereocenters. The Kier molecular flexibility index (Phi) is 14.4. The summed E-state index contributed by atoms with van der Waals surface area (Å²) in [6, 6.07) is 0. The van der Waals surface area contributed by atoms with Crippen molar-refractivity contribution in [1.29, 1.82) is 0 Å². The highest BCUT2D eigenvalue weighted by molar-refractivity contribution is 6.93. The molecule has 0 aliphatic rings. The van der Waals surface area contributed by atoms with Gasteiger partial charge in [0.25, 0.3) is 25.2 Å². The first kappa shape index (κ1) is 22.3. The van der Waals surface area contributed by atoms with Crippen molar-refractivity contribution in [2.45, 2.75) is 104 Å².